The van der Waals surface area contributed by atoms with Crippen LogP contribution in [0, 0.1) is 6.92 Å². The number of nitrogens with zero attached hydrogens (tertiary/aromatic N) is 2. The molecule has 2 heterocycles. The Hall–Kier alpha value is -2.37. The third-order valence-electron chi connectivity index (χ3n) is 4.17. The van der Waals surface area contributed by atoms with Crippen LogP contribution in [0.15, 0.2) is 54.7 Å². The van der Waals surface area contributed by atoms with Crippen molar-refractivity contribution in [3.8, 4) is 11.5 Å². The second-order valence-electron chi connectivity index (χ2n) is 6.13. The number of para-hydroxylation sites is 1. The number of aryl methyl sites for hydroxylation is 1. The zero-order chi connectivity index (χ0) is 18.4. The van der Waals surface area contributed by atoms with Gasteiger partial charge in [-0.05, 0) is 37.3 Å². The number of rotatable bonds is 8. The summed E-state index contributed by atoms with van der Waals surface area (Å²) in [5, 5.41) is 0. The Kier molecular flexibility index (Phi) is 6.26. The molecule has 0 N–H and O–H groups in total. The molecular weight excluding hydrogens is 344 g/mol. The van der Waals surface area contributed by atoms with E-state index in [1.807, 2.05) is 41.8 Å². The molecule has 2 aromatic heterocycles. The van der Waals surface area contributed by atoms with Gasteiger partial charge in [0, 0.05) is 41.1 Å². The Labute approximate surface area is 159 Å². The minimum Gasteiger partial charge on any atom is -0.493 e. The highest BCUT2D eigenvalue weighted by Gasteiger charge is 2.15. The summed E-state index contributed by atoms with van der Waals surface area (Å²) >= 11 is 1.84. The van der Waals surface area contributed by atoms with Crippen LogP contribution in [0.3, 0.4) is 0 Å². The van der Waals surface area contributed by atoms with Gasteiger partial charge in [-0.25, -0.2) is 0 Å². The first kappa shape index (κ1) is 18.4. The van der Waals surface area contributed by atoms with Gasteiger partial charge in [0.15, 0.2) is 11.5 Å². The molecule has 0 spiro atoms. The van der Waals surface area contributed by atoms with Gasteiger partial charge in [0.1, 0.15) is 0 Å². The van der Waals surface area contributed by atoms with Crippen LogP contribution in [-0.2, 0) is 19.6 Å². The van der Waals surface area contributed by atoms with Crippen molar-refractivity contribution in [3.05, 3.63) is 75.7 Å². The molecule has 0 aliphatic heterocycles. The van der Waals surface area contributed by atoms with Crippen molar-refractivity contribution in [1.29, 1.82) is 0 Å². The van der Waals surface area contributed by atoms with Crippen LogP contribution >= 0.6 is 11.3 Å². The Balaban J connectivity index is 1.85. The Morgan fingerprint density at radius 3 is 2.46 bits per heavy atom. The minimum atomic E-state index is 0.758. The highest BCUT2D eigenvalue weighted by atomic mass is 32.1. The molecule has 5 heteroatoms. The topological polar surface area (TPSA) is 34.6 Å². The molecule has 0 bridgehead atoms. The number of pyridine rings is 1. The molecule has 0 radical (unpaired) electrons. The van der Waals surface area contributed by atoms with Gasteiger partial charge in [0.05, 0.1) is 19.9 Å². The van der Waals surface area contributed by atoms with Gasteiger partial charge in [-0.2, -0.15) is 0 Å². The number of hydrogen-bond donors (Lipinski definition) is 0. The van der Waals surface area contributed by atoms with Gasteiger partial charge in [-0.1, -0.05) is 18.2 Å². The lowest BCUT2D eigenvalue weighted by molar-refractivity contribution is 0.241. The predicted molar refractivity (Wildman–Crippen MR) is 106 cm³/mol. The Morgan fingerprint density at radius 2 is 1.81 bits per heavy atom. The molecule has 0 amide bonds. The first-order valence-electron chi connectivity index (χ1n) is 8.57. The first-order valence-corrected chi connectivity index (χ1v) is 9.38. The summed E-state index contributed by atoms with van der Waals surface area (Å²) in [7, 11) is 3.36. The summed E-state index contributed by atoms with van der Waals surface area (Å²) in [6.45, 7) is 4.55. The van der Waals surface area contributed by atoms with E-state index in [1.54, 1.807) is 14.2 Å². The molecule has 0 atom stereocenters. The number of methoxy groups -OCH3 is 2. The quantitative estimate of drug-likeness (QED) is 0.579. The maximum absolute atomic E-state index is 5.61. The van der Waals surface area contributed by atoms with Gasteiger partial charge >= 0.3 is 0 Å². The van der Waals surface area contributed by atoms with Crippen molar-refractivity contribution in [1.82, 2.24) is 9.88 Å². The fourth-order valence-electron chi connectivity index (χ4n) is 3.00. The lowest BCUT2D eigenvalue weighted by Crippen LogP contribution is -2.23. The summed E-state index contributed by atoms with van der Waals surface area (Å²) in [6.07, 6.45) is 1.84. The summed E-state index contributed by atoms with van der Waals surface area (Å²) in [4.78, 5) is 9.55. The molecule has 0 aliphatic rings. The summed E-state index contributed by atoms with van der Waals surface area (Å²) in [5.74, 6) is 1.55. The van der Waals surface area contributed by atoms with E-state index in [9.17, 15) is 0 Å². The number of aromatic nitrogens is 1. The van der Waals surface area contributed by atoms with E-state index in [0.717, 1.165) is 42.4 Å². The Bertz CT molecular complexity index is 833. The van der Waals surface area contributed by atoms with Gasteiger partial charge in [-0.15, -0.1) is 11.3 Å². The number of benzene rings is 1. The van der Waals surface area contributed by atoms with Crippen molar-refractivity contribution < 1.29 is 9.47 Å². The predicted octanol–water partition coefficient (Wildman–Crippen LogP) is 4.67. The van der Waals surface area contributed by atoms with E-state index in [4.69, 9.17) is 9.47 Å². The third-order valence-corrected chi connectivity index (χ3v) is 5.15. The van der Waals surface area contributed by atoms with Crippen molar-refractivity contribution >= 4 is 11.3 Å². The molecule has 3 aromatic rings. The number of hydrogen-bond acceptors (Lipinski definition) is 5. The molecule has 4 nitrogen and oxygen atoms in total. The van der Waals surface area contributed by atoms with Crippen LogP contribution in [-0.4, -0.2) is 24.1 Å². The van der Waals surface area contributed by atoms with E-state index in [-0.39, 0.29) is 0 Å². The monoisotopic (exact) mass is 368 g/mol. The highest BCUT2D eigenvalue weighted by molar-refractivity contribution is 7.11. The summed E-state index contributed by atoms with van der Waals surface area (Å²) in [5.41, 5.74) is 2.17. The molecule has 136 valence electrons. The largest absolute Gasteiger partial charge is 0.493 e. The lowest BCUT2D eigenvalue weighted by Gasteiger charge is -2.23. The van der Waals surface area contributed by atoms with E-state index < -0.39 is 0 Å². The van der Waals surface area contributed by atoms with Gasteiger partial charge in [0.25, 0.3) is 0 Å². The fourth-order valence-corrected chi connectivity index (χ4v) is 3.93. The van der Waals surface area contributed by atoms with Crippen LogP contribution < -0.4 is 9.47 Å². The average Bonchev–Trinajstić information content (AvgIpc) is 3.07. The second kappa shape index (κ2) is 8.83. The molecule has 0 aliphatic carbocycles. The molecule has 1 aromatic carbocycles. The van der Waals surface area contributed by atoms with E-state index in [2.05, 4.69) is 41.1 Å². The highest BCUT2D eigenvalue weighted by Crippen LogP contribution is 2.32. The molecule has 0 saturated heterocycles. The molecular formula is C21H24N2O2S. The smallest absolute Gasteiger partial charge is 0.165 e. The van der Waals surface area contributed by atoms with Gasteiger partial charge in [0.2, 0.25) is 0 Å². The molecule has 0 unspecified atom stereocenters. The Morgan fingerprint density at radius 1 is 0.923 bits per heavy atom. The van der Waals surface area contributed by atoms with Crippen molar-refractivity contribution in [2.24, 2.45) is 0 Å². The summed E-state index contributed by atoms with van der Waals surface area (Å²) < 4.78 is 11.1. The van der Waals surface area contributed by atoms with Crippen LogP contribution in [0.5, 0.6) is 11.5 Å². The standard InChI is InChI=1S/C21H24N2O2S/c1-16-10-11-19(26-16)15-23(14-18-8-4-5-12-22-18)13-17-7-6-9-20(24-2)21(17)25-3/h4-12H,13-15H2,1-3H3. The maximum Gasteiger partial charge on any atom is 0.165 e. The molecule has 3 rings (SSSR count). The first-order chi connectivity index (χ1) is 12.7. The maximum atomic E-state index is 5.61. The van der Waals surface area contributed by atoms with E-state index in [1.165, 1.54) is 9.75 Å². The third kappa shape index (κ3) is 4.62. The molecule has 26 heavy (non-hydrogen) atoms. The van der Waals surface area contributed by atoms with Crippen LogP contribution in [0.2, 0.25) is 0 Å². The van der Waals surface area contributed by atoms with Crippen LogP contribution in [0.4, 0.5) is 0 Å². The second-order valence-corrected chi connectivity index (χ2v) is 7.50. The lowest BCUT2D eigenvalue weighted by atomic mass is 10.1. The van der Waals surface area contributed by atoms with Gasteiger partial charge < -0.3 is 9.47 Å². The SMILES string of the molecule is COc1cccc(CN(Cc2ccccn2)Cc2ccc(C)s2)c1OC. The normalized spacial score (nSPS) is 10.9. The zero-order valence-electron chi connectivity index (χ0n) is 15.4. The van der Waals surface area contributed by atoms with Crippen molar-refractivity contribution in [2.45, 2.75) is 26.6 Å². The molecule has 0 fully saturated rings. The van der Waals surface area contributed by atoms with E-state index >= 15 is 0 Å². The number of ether oxygens (including phenoxy) is 2. The summed E-state index contributed by atoms with van der Waals surface area (Å²) in [6, 6.07) is 16.4. The van der Waals surface area contributed by atoms with E-state index in [0.29, 0.717) is 0 Å². The average molecular weight is 369 g/mol. The van der Waals surface area contributed by atoms with Crippen LogP contribution in [0.25, 0.3) is 0 Å². The zero-order valence-corrected chi connectivity index (χ0v) is 16.3. The van der Waals surface area contributed by atoms with Gasteiger partial charge in [-0.3, -0.25) is 9.88 Å². The minimum absolute atomic E-state index is 0.758. The molecule has 0 saturated carbocycles. The van der Waals surface area contributed by atoms with Crippen LogP contribution in [0.1, 0.15) is 21.0 Å². The van der Waals surface area contributed by atoms with Crippen molar-refractivity contribution in [3.63, 3.8) is 0 Å². The fraction of sp³-hybridized carbons (Fsp3) is 0.286. The van der Waals surface area contributed by atoms with Crippen molar-refractivity contribution in [2.75, 3.05) is 14.2 Å². The number of thiophene rings is 1.